The van der Waals surface area contributed by atoms with Gasteiger partial charge in [0.1, 0.15) is 0 Å². The predicted octanol–water partition coefficient (Wildman–Crippen LogP) is 3.28. The Bertz CT molecular complexity index is 476. The van der Waals surface area contributed by atoms with Crippen LogP contribution in [-0.4, -0.2) is 23.5 Å². The number of hydrogen-bond acceptors (Lipinski definition) is 2. The molecule has 1 aromatic carbocycles. The Kier molecular flexibility index (Phi) is 7.83. The van der Waals surface area contributed by atoms with Crippen LogP contribution in [0.4, 0.5) is 0 Å². The summed E-state index contributed by atoms with van der Waals surface area (Å²) in [5.74, 6) is -0.476. The van der Waals surface area contributed by atoms with E-state index in [0.29, 0.717) is 36.7 Å². The molecule has 0 aliphatic rings. The summed E-state index contributed by atoms with van der Waals surface area (Å²) in [7, 11) is 0. The summed E-state index contributed by atoms with van der Waals surface area (Å²) in [5.41, 5.74) is 0.976. The van der Waals surface area contributed by atoms with Crippen LogP contribution in [0.1, 0.15) is 38.2 Å². The summed E-state index contributed by atoms with van der Waals surface area (Å²) in [6, 6.07) is 7.51. The zero-order valence-electron chi connectivity index (χ0n) is 12.3. The Morgan fingerprint density at radius 3 is 2.62 bits per heavy atom. The fraction of sp³-hybridized carbons (Fsp3) is 0.500. The topological polar surface area (TPSA) is 66.4 Å². The molecule has 1 rings (SSSR count). The van der Waals surface area contributed by atoms with Crippen molar-refractivity contribution in [3.63, 3.8) is 0 Å². The molecule has 0 aliphatic carbocycles. The van der Waals surface area contributed by atoms with Gasteiger partial charge in [-0.3, -0.25) is 9.59 Å². The molecule has 5 heteroatoms. The average Bonchev–Trinajstić information content (AvgIpc) is 2.44. The number of aliphatic carboxylic acids is 1. The van der Waals surface area contributed by atoms with Crippen molar-refractivity contribution in [2.75, 3.05) is 6.54 Å². The molecule has 2 N–H and O–H groups in total. The number of rotatable bonds is 9. The molecule has 1 aromatic rings. The minimum atomic E-state index is -0.773. The molecule has 0 aromatic heterocycles. The number of amides is 1. The van der Waals surface area contributed by atoms with Crippen molar-refractivity contribution in [3.05, 3.63) is 34.9 Å². The van der Waals surface area contributed by atoms with E-state index in [9.17, 15) is 9.59 Å². The molecular formula is C16H22ClNO3. The summed E-state index contributed by atoms with van der Waals surface area (Å²) in [6.07, 6.45) is 2.66. The Morgan fingerprint density at radius 2 is 1.95 bits per heavy atom. The molecule has 116 valence electrons. The Hall–Kier alpha value is -1.55. The molecule has 0 fully saturated rings. The number of nitrogens with one attached hydrogen (secondary N) is 1. The van der Waals surface area contributed by atoms with Gasteiger partial charge in [-0.05, 0) is 36.8 Å². The minimum absolute atomic E-state index is 0.000328. The number of carbonyl (C=O) groups excluding carboxylic acids is 1. The number of carboxylic acid groups (broad SMARTS) is 1. The van der Waals surface area contributed by atoms with E-state index in [-0.39, 0.29) is 12.3 Å². The van der Waals surface area contributed by atoms with Crippen LogP contribution in [0.5, 0.6) is 0 Å². The molecule has 0 heterocycles. The van der Waals surface area contributed by atoms with Crippen molar-refractivity contribution in [2.45, 2.75) is 39.0 Å². The van der Waals surface area contributed by atoms with E-state index in [0.717, 1.165) is 12.0 Å². The van der Waals surface area contributed by atoms with Crippen molar-refractivity contribution in [3.8, 4) is 0 Å². The first kappa shape index (κ1) is 17.5. The highest BCUT2D eigenvalue weighted by Gasteiger charge is 2.07. The van der Waals surface area contributed by atoms with E-state index in [4.69, 9.17) is 16.7 Å². The van der Waals surface area contributed by atoms with Gasteiger partial charge in [0, 0.05) is 24.4 Å². The number of carbonyl (C=O) groups is 2. The number of benzene rings is 1. The van der Waals surface area contributed by atoms with E-state index in [1.807, 2.05) is 31.2 Å². The molecule has 0 bridgehead atoms. The second-order valence-corrected chi connectivity index (χ2v) is 5.67. The van der Waals surface area contributed by atoms with Crippen LogP contribution < -0.4 is 5.32 Å². The fourth-order valence-electron chi connectivity index (χ4n) is 2.01. The second kappa shape index (κ2) is 9.40. The molecule has 4 nitrogen and oxygen atoms in total. The maximum Gasteiger partial charge on any atom is 0.303 e. The summed E-state index contributed by atoms with van der Waals surface area (Å²) >= 11 is 6.03. The smallest absolute Gasteiger partial charge is 0.303 e. The van der Waals surface area contributed by atoms with E-state index in [1.54, 1.807) is 0 Å². The highest BCUT2D eigenvalue weighted by atomic mass is 35.5. The van der Waals surface area contributed by atoms with Crippen LogP contribution in [0.3, 0.4) is 0 Å². The molecule has 1 amide bonds. The van der Waals surface area contributed by atoms with E-state index < -0.39 is 5.97 Å². The summed E-state index contributed by atoms with van der Waals surface area (Å²) in [6.45, 7) is 2.58. The number of hydrogen-bond donors (Lipinski definition) is 2. The maximum atomic E-state index is 11.7. The lowest BCUT2D eigenvalue weighted by Crippen LogP contribution is -2.25. The molecular weight excluding hydrogens is 290 g/mol. The summed E-state index contributed by atoms with van der Waals surface area (Å²) in [5, 5.41) is 12.1. The van der Waals surface area contributed by atoms with Gasteiger partial charge < -0.3 is 10.4 Å². The zero-order chi connectivity index (χ0) is 15.7. The third-order valence-electron chi connectivity index (χ3n) is 3.39. The molecule has 1 atom stereocenters. The van der Waals surface area contributed by atoms with Crippen molar-refractivity contribution in [2.24, 2.45) is 5.92 Å². The molecule has 0 spiro atoms. The van der Waals surface area contributed by atoms with E-state index in [2.05, 4.69) is 5.32 Å². The van der Waals surface area contributed by atoms with Gasteiger partial charge in [0.15, 0.2) is 0 Å². The lowest BCUT2D eigenvalue weighted by atomic mass is 10.0. The second-order valence-electron chi connectivity index (χ2n) is 5.27. The normalized spacial score (nSPS) is 11.9. The van der Waals surface area contributed by atoms with Gasteiger partial charge in [-0.2, -0.15) is 0 Å². The zero-order valence-corrected chi connectivity index (χ0v) is 13.0. The molecule has 0 saturated carbocycles. The third kappa shape index (κ3) is 7.71. The molecule has 0 radical (unpaired) electrons. The predicted molar refractivity (Wildman–Crippen MR) is 83.4 cm³/mol. The SMILES string of the molecule is CC(CCNC(=O)CCc1ccccc1Cl)CCC(=O)O. The van der Waals surface area contributed by atoms with E-state index >= 15 is 0 Å². The van der Waals surface area contributed by atoms with Crippen LogP contribution in [0, 0.1) is 5.92 Å². The van der Waals surface area contributed by atoms with Gasteiger partial charge in [0.05, 0.1) is 0 Å². The van der Waals surface area contributed by atoms with Gasteiger partial charge in [0.2, 0.25) is 5.91 Å². The van der Waals surface area contributed by atoms with Gasteiger partial charge in [-0.25, -0.2) is 0 Å². The highest BCUT2D eigenvalue weighted by molar-refractivity contribution is 6.31. The van der Waals surface area contributed by atoms with Gasteiger partial charge in [-0.1, -0.05) is 36.7 Å². The van der Waals surface area contributed by atoms with Crippen LogP contribution in [0.25, 0.3) is 0 Å². The number of halogens is 1. The van der Waals surface area contributed by atoms with Crippen molar-refractivity contribution < 1.29 is 14.7 Å². The first-order chi connectivity index (χ1) is 9.99. The van der Waals surface area contributed by atoms with Gasteiger partial charge in [-0.15, -0.1) is 0 Å². The van der Waals surface area contributed by atoms with Gasteiger partial charge >= 0.3 is 5.97 Å². The molecule has 0 aliphatic heterocycles. The Balaban J connectivity index is 2.17. The van der Waals surface area contributed by atoms with Crippen LogP contribution >= 0.6 is 11.6 Å². The average molecular weight is 312 g/mol. The van der Waals surface area contributed by atoms with Crippen molar-refractivity contribution in [1.82, 2.24) is 5.32 Å². The molecule has 1 unspecified atom stereocenters. The Morgan fingerprint density at radius 1 is 1.24 bits per heavy atom. The molecule has 21 heavy (non-hydrogen) atoms. The Labute approximate surface area is 130 Å². The van der Waals surface area contributed by atoms with Crippen LogP contribution in [0.15, 0.2) is 24.3 Å². The summed E-state index contributed by atoms with van der Waals surface area (Å²) < 4.78 is 0. The standard InChI is InChI=1S/C16H22ClNO3/c1-12(6-9-16(20)21)10-11-18-15(19)8-7-13-4-2-3-5-14(13)17/h2-5,12H,6-11H2,1H3,(H,18,19)(H,20,21). The fourth-order valence-corrected chi connectivity index (χ4v) is 2.24. The van der Waals surface area contributed by atoms with Crippen molar-refractivity contribution in [1.29, 1.82) is 0 Å². The lowest BCUT2D eigenvalue weighted by Gasteiger charge is -2.11. The van der Waals surface area contributed by atoms with Crippen LogP contribution in [0.2, 0.25) is 5.02 Å². The van der Waals surface area contributed by atoms with E-state index in [1.165, 1.54) is 0 Å². The maximum absolute atomic E-state index is 11.7. The number of carboxylic acids is 1. The molecule has 0 saturated heterocycles. The van der Waals surface area contributed by atoms with Crippen LogP contribution in [-0.2, 0) is 16.0 Å². The summed E-state index contributed by atoms with van der Waals surface area (Å²) in [4.78, 5) is 22.2. The first-order valence-corrected chi connectivity index (χ1v) is 7.58. The highest BCUT2D eigenvalue weighted by Crippen LogP contribution is 2.16. The lowest BCUT2D eigenvalue weighted by molar-refractivity contribution is -0.137. The number of aryl methyl sites for hydroxylation is 1. The largest absolute Gasteiger partial charge is 0.481 e. The van der Waals surface area contributed by atoms with Gasteiger partial charge in [0.25, 0.3) is 0 Å². The van der Waals surface area contributed by atoms with Crippen molar-refractivity contribution >= 4 is 23.5 Å². The minimum Gasteiger partial charge on any atom is -0.481 e. The quantitative estimate of drug-likeness (QED) is 0.735. The first-order valence-electron chi connectivity index (χ1n) is 7.21. The monoisotopic (exact) mass is 311 g/mol. The third-order valence-corrected chi connectivity index (χ3v) is 3.76.